The average molecular weight is 564 g/mol. The van der Waals surface area contributed by atoms with Gasteiger partial charge in [-0.05, 0) is 50.6 Å². The maximum atomic E-state index is 12.9. The number of hydrogen-bond acceptors (Lipinski definition) is 11. The number of carbonyl (C=O) groups is 1. The van der Waals surface area contributed by atoms with E-state index in [0.29, 0.717) is 46.5 Å². The maximum Gasteiger partial charge on any atom is 0.256 e. The van der Waals surface area contributed by atoms with E-state index >= 15 is 0 Å². The lowest BCUT2D eigenvalue weighted by molar-refractivity contribution is 0.0631. The Kier molecular flexibility index (Phi) is 7.05. The summed E-state index contributed by atoms with van der Waals surface area (Å²) in [6.45, 7) is 6.30. The zero-order valence-electron chi connectivity index (χ0n) is 23.3. The molecule has 0 saturated carbocycles. The first-order chi connectivity index (χ1) is 20.4. The number of nitrogens with one attached hydrogen (secondary N) is 2. The topological polar surface area (TPSA) is 155 Å². The Hall–Kier alpha value is -5.23. The Morgan fingerprint density at radius 1 is 0.976 bits per heavy atom. The van der Waals surface area contributed by atoms with E-state index in [-0.39, 0.29) is 24.4 Å². The minimum absolute atomic E-state index is 0.0372. The fourth-order valence-corrected chi connectivity index (χ4v) is 5.08. The van der Waals surface area contributed by atoms with Crippen molar-refractivity contribution in [3.63, 3.8) is 0 Å². The Morgan fingerprint density at radius 3 is 2.52 bits per heavy atom. The van der Waals surface area contributed by atoms with Gasteiger partial charge in [0.25, 0.3) is 11.8 Å². The molecule has 42 heavy (non-hydrogen) atoms. The first kappa shape index (κ1) is 27.0. The van der Waals surface area contributed by atoms with Gasteiger partial charge in [-0.2, -0.15) is 4.98 Å². The predicted octanol–water partition coefficient (Wildman–Crippen LogP) is 4.58. The molecule has 0 unspecified atom stereocenters. The Bertz CT molecular complexity index is 1730. The molecule has 12 heteroatoms. The number of nitrogens with zero attached hydrogens (tertiary/aromatic N) is 7. The van der Waals surface area contributed by atoms with Crippen LogP contribution in [0.4, 0.5) is 17.6 Å². The highest BCUT2D eigenvalue weighted by Gasteiger charge is 2.43. The van der Waals surface area contributed by atoms with Crippen LogP contribution in [0.3, 0.4) is 0 Å². The van der Waals surface area contributed by atoms with Gasteiger partial charge in [0.1, 0.15) is 11.6 Å². The van der Waals surface area contributed by atoms with Gasteiger partial charge in [0.2, 0.25) is 11.8 Å². The van der Waals surface area contributed by atoms with Crippen molar-refractivity contribution < 1.29 is 14.3 Å². The largest absolute Gasteiger partial charge is 0.416 e. The number of carbonyl (C=O) groups excluding carboxylic acids is 1. The van der Waals surface area contributed by atoms with Crippen molar-refractivity contribution in [2.24, 2.45) is 0 Å². The van der Waals surface area contributed by atoms with Crippen LogP contribution in [-0.2, 0) is 5.54 Å². The SMILES string of the molecule is CCN1C(=O)c2ccc(Nc3ncc(-c4nnc(-c5cccnc5)o4)c(N[C@H](CO)c4ccccc4)n3)nc2C1(C)C. The molecule has 4 aromatic heterocycles. The first-order valence-corrected chi connectivity index (χ1v) is 13.5. The summed E-state index contributed by atoms with van der Waals surface area (Å²) < 4.78 is 5.97. The monoisotopic (exact) mass is 563 g/mol. The summed E-state index contributed by atoms with van der Waals surface area (Å²) >= 11 is 0. The van der Waals surface area contributed by atoms with Crippen LogP contribution in [0.15, 0.2) is 77.6 Å². The van der Waals surface area contributed by atoms with Crippen LogP contribution in [-0.4, -0.2) is 59.2 Å². The molecule has 1 atom stereocenters. The first-order valence-electron chi connectivity index (χ1n) is 13.5. The van der Waals surface area contributed by atoms with Gasteiger partial charge in [-0.3, -0.25) is 9.78 Å². The van der Waals surface area contributed by atoms with E-state index in [1.54, 1.807) is 41.7 Å². The molecule has 0 saturated heterocycles. The molecule has 212 valence electrons. The second-order valence-electron chi connectivity index (χ2n) is 10.2. The van der Waals surface area contributed by atoms with E-state index in [4.69, 9.17) is 14.4 Å². The molecule has 1 aromatic carbocycles. The van der Waals surface area contributed by atoms with E-state index in [9.17, 15) is 9.90 Å². The van der Waals surface area contributed by atoms with Crippen molar-refractivity contribution in [1.29, 1.82) is 0 Å². The molecule has 3 N–H and O–H groups in total. The fraction of sp³-hybridized carbons (Fsp3) is 0.233. The van der Waals surface area contributed by atoms with Gasteiger partial charge in [0, 0.05) is 25.1 Å². The summed E-state index contributed by atoms with van der Waals surface area (Å²) in [7, 11) is 0. The molecule has 0 spiro atoms. The van der Waals surface area contributed by atoms with E-state index in [1.807, 2.05) is 57.2 Å². The minimum Gasteiger partial charge on any atom is -0.416 e. The quantitative estimate of drug-likeness (QED) is 0.231. The number of aliphatic hydroxyl groups is 1. The highest BCUT2D eigenvalue weighted by molar-refractivity contribution is 5.99. The summed E-state index contributed by atoms with van der Waals surface area (Å²) in [6.07, 6.45) is 4.86. The van der Waals surface area contributed by atoms with Crippen molar-refractivity contribution in [3.8, 4) is 22.9 Å². The molecule has 0 radical (unpaired) electrons. The Balaban J connectivity index is 1.36. The number of amides is 1. The Labute approximate surface area is 241 Å². The number of anilines is 3. The summed E-state index contributed by atoms with van der Waals surface area (Å²) in [5.74, 6) is 1.57. The van der Waals surface area contributed by atoms with Crippen molar-refractivity contribution >= 4 is 23.5 Å². The van der Waals surface area contributed by atoms with Crippen molar-refractivity contribution in [2.45, 2.75) is 32.4 Å². The van der Waals surface area contributed by atoms with Crippen molar-refractivity contribution in [2.75, 3.05) is 23.8 Å². The van der Waals surface area contributed by atoms with Crippen LogP contribution in [0.5, 0.6) is 0 Å². The molecule has 5 heterocycles. The third-order valence-electron chi connectivity index (χ3n) is 7.23. The van der Waals surface area contributed by atoms with Gasteiger partial charge in [0.05, 0.1) is 40.6 Å². The summed E-state index contributed by atoms with van der Waals surface area (Å²) in [4.78, 5) is 32.7. The van der Waals surface area contributed by atoms with E-state index in [0.717, 1.165) is 5.56 Å². The summed E-state index contributed by atoms with van der Waals surface area (Å²) in [5, 5.41) is 25.1. The standard InChI is InChI=1S/C30H29N9O3/c1-4-39-28(41)20-12-13-23(34-24(20)30(39,2)3)35-29-32-16-21(27-38-37-26(42-27)19-11-8-14-31-15-19)25(36-29)33-22(17-40)18-9-6-5-7-10-18/h5-16,22,40H,4,17H2,1-3H3,(H2,32,33,34,35,36)/t22-/m1/s1. The lowest BCUT2D eigenvalue weighted by atomic mass is 9.99. The van der Waals surface area contributed by atoms with Crippen molar-refractivity contribution in [3.05, 3.63) is 90.0 Å². The van der Waals surface area contributed by atoms with Crippen LogP contribution in [0.25, 0.3) is 22.9 Å². The lowest BCUT2D eigenvalue weighted by Gasteiger charge is -2.30. The summed E-state index contributed by atoms with van der Waals surface area (Å²) in [6, 6.07) is 16.2. The predicted molar refractivity (Wildman–Crippen MR) is 156 cm³/mol. The van der Waals surface area contributed by atoms with Crippen molar-refractivity contribution in [1.82, 2.24) is 35.0 Å². The van der Waals surface area contributed by atoms with E-state index in [1.165, 1.54) is 0 Å². The summed E-state index contributed by atoms with van der Waals surface area (Å²) in [5.41, 5.74) is 2.71. The second kappa shape index (κ2) is 11.0. The molecule has 0 bridgehead atoms. The number of pyridine rings is 2. The number of benzene rings is 1. The van der Waals surface area contributed by atoms with Crippen LogP contribution in [0.2, 0.25) is 0 Å². The third-order valence-corrected chi connectivity index (χ3v) is 7.23. The third kappa shape index (κ3) is 4.92. The number of aromatic nitrogens is 6. The highest BCUT2D eigenvalue weighted by Crippen LogP contribution is 2.38. The van der Waals surface area contributed by atoms with Crippen LogP contribution in [0.1, 0.15) is 48.4 Å². The molecule has 0 fully saturated rings. The van der Waals surface area contributed by atoms with Gasteiger partial charge >= 0.3 is 0 Å². The van der Waals surface area contributed by atoms with Gasteiger partial charge in [-0.1, -0.05) is 30.3 Å². The molecular weight excluding hydrogens is 534 g/mol. The van der Waals surface area contributed by atoms with Crippen LogP contribution < -0.4 is 10.6 Å². The molecule has 5 aromatic rings. The van der Waals surface area contributed by atoms with Gasteiger partial charge in [0.15, 0.2) is 0 Å². The molecule has 12 nitrogen and oxygen atoms in total. The fourth-order valence-electron chi connectivity index (χ4n) is 5.08. The van der Waals surface area contributed by atoms with Crippen LogP contribution in [0, 0.1) is 0 Å². The normalized spacial score (nSPS) is 14.5. The number of rotatable bonds is 9. The molecule has 1 amide bonds. The number of fused-ring (bicyclic) bond motifs is 1. The Morgan fingerprint density at radius 2 is 1.79 bits per heavy atom. The number of aliphatic hydroxyl groups excluding tert-OH is 1. The lowest BCUT2D eigenvalue weighted by Crippen LogP contribution is -2.39. The van der Waals surface area contributed by atoms with E-state index < -0.39 is 11.6 Å². The van der Waals surface area contributed by atoms with E-state index in [2.05, 4.69) is 30.8 Å². The van der Waals surface area contributed by atoms with Gasteiger partial charge in [-0.15, -0.1) is 10.2 Å². The maximum absolute atomic E-state index is 12.9. The second-order valence-corrected chi connectivity index (χ2v) is 10.2. The average Bonchev–Trinajstić information content (AvgIpc) is 3.57. The molecule has 0 aliphatic carbocycles. The van der Waals surface area contributed by atoms with Gasteiger partial charge in [-0.25, -0.2) is 9.97 Å². The number of hydrogen-bond donors (Lipinski definition) is 3. The highest BCUT2D eigenvalue weighted by atomic mass is 16.4. The minimum atomic E-state index is -0.551. The molecule has 1 aliphatic heterocycles. The molecule has 6 rings (SSSR count). The zero-order chi connectivity index (χ0) is 29.3. The van der Waals surface area contributed by atoms with Crippen LogP contribution >= 0.6 is 0 Å². The van der Waals surface area contributed by atoms with Gasteiger partial charge < -0.3 is 25.1 Å². The zero-order valence-corrected chi connectivity index (χ0v) is 23.3. The smallest absolute Gasteiger partial charge is 0.256 e. The molecular formula is C30H29N9O3. The molecule has 1 aliphatic rings.